The van der Waals surface area contributed by atoms with E-state index in [1.54, 1.807) is 24.4 Å². The molecular formula is C13H8ClF3N4. The van der Waals surface area contributed by atoms with E-state index in [1.807, 2.05) is 0 Å². The van der Waals surface area contributed by atoms with Crippen LogP contribution in [-0.4, -0.2) is 14.6 Å². The van der Waals surface area contributed by atoms with E-state index in [0.29, 0.717) is 16.9 Å². The molecule has 0 radical (unpaired) electrons. The van der Waals surface area contributed by atoms with Crippen LogP contribution < -0.4 is 5.73 Å². The van der Waals surface area contributed by atoms with Gasteiger partial charge in [-0.05, 0) is 23.8 Å². The zero-order valence-corrected chi connectivity index (χ0v) is 11.2. The van der Waals surface area contributed by atoms with Gasteiger partial charge in [-0.15, -0.1) is 0 Å². The molecule has 0 bridgehead atoms. The van der Waals surface area contributed by atoms with Crippen molar-refractivity contribution in [3.05, 3.63) is 47.4 Å². The number of hydrogen-bond acceptors (Lipinski definition) is 3. The molecule has 0 saturated heterocycles. The van der Waals surface area contributed by atoms with E-state index in [2.05, 4.69) is 10.1 Å². The van der Waals surface area contributed by atoms with Crippen molar-refractivity contribution in [2.45, 2.75) is 6.18 Å². The van der Waals surface area contributed by atoms with Crippen LogP contribution in [0.2, 0.25) is 5.02 Å². The Bertz CT molecular complexity index is 826. The molecule has 2 N–H and O–H groups in total. The van der Waals surface area contributed by atoms with Gasteiger partial charge in [0.15, 0.2) is 0 Å². The van der Waals surface area contributed by atoms with Crippen LogP contribution in [0.3, 0.4) is 0 Å². The molecule has 0 spiro atoms. The lowest BCUT2D eigenvalue weighted by Crippen LogP contribution is -2.07. The van der Waals surface area contributed by atoms with Crippen LogP contribution in [-0.2, 0) is 6.18 Å². The number of nitrogens with zero attached hydrogens (tertiary/aromatic N) is 3. The minimum Gasteiger partial charge on any atom is -0.382 e. The Balaban J connectivity index is 2.17. The number of anilines is 1. The van der Waals surface area contributed by atoms with Gasteiger partial charge in [-0.2, -0.15) is 18.3 Å². The van der Waals surface area contributed by atoms with E-state index >= 15 is 0 Å². The van der Waals surface area contributed by atoms with Crippen LogP contribution in [0.15, 0.2) is 36.7 Å². The van der Waals surface area contributed by atoms with Crippen molar-refractivity contribution in [3.8, 4) is 11.1 Å². The summed E-state index contributed by atoms with van der Waals surface area (Å²) >= 11 is 5.96. The molecule has 3 heterocycles. The maximum atomic E-state index is 12.7. The molecule has 0 amide bonds. The fraction of sp³-hybridized carbons (Fsp3) is 0.0769. The average Bonchev–Trinajstić information content (AvgIpc) is 2.76. The van der Waals surface area contributed by atoms with Crippen molar-refractivity contribution in [2.75, 3.05) is 5.73 Å². The number of rotatable bonds is 1. The maximum absolute atomic E-state index is 12.7. The number of nitrogen functional groups attached to an aromatic ring is 1. The van der Waals surface area contributed by atoms with Gasteiger partial charge in [-0.25, -0.2) is 4.52 Å². The quantitative estimate of drug-likeness (QED) is 0.746. The topological polar surface area (TPSA) is 56.2 Å². The van der Waals surface area contributed by atoms with Crippen LogP contribution in [0.4, 0.5) is 19.0 Å². The number of nitrogens with two attached hydrogens (primary N) is 1. The van der Waals surface area contributed by atoms with Crippen LogP contribution in [0.1, 0.15) is 5.69 Å². The monoisotopic (exact) mass is 312 g/mol. The van der Waals surface area contributed by atoms with Crippen molar-refractivity contribution in [1.29, 1.82) is 0 Å². The molecule has 0 aliphatic rings. The standard InChI is InChI=1S/C13H8ClF3N4/c14-10-6-19-11(13(15,16)17)5-9(10)7-1-2-21-8(3-7)4-12(18)20-21/h1-6H,(H2,18,20). The van der Waals surface area contributed by atoms with Crippen LogP contribution >= 0.6 is 11.6 Å². The second-order valence-electron chi connectivity index (χ2n) is 4.40. The van der Waals surface area contributed by atoms with Crippen molar-refractivity contribution < 1.29 is 13.2 Å². The molecule has 0 aliphatic carbocycles. The van der Waals surface area contributed by atoms with Crippen molar-refractivity contribution in [3.63, 3.8) is 0 Å². The minimum absolute atomic E-state index is 0.139. The van der Waals surface area contributed by atoms with Gasteiger partial charge in [0.2, 0.25) is 0 Å². The maximum Gasteiger partial charge on any atom is 0.433 e. The zero-order valence-electron chi connectivity index (χ0n) is 10.4. The lowest BCUT2D eigenvalue weighted by Gasteiger charge is -2.10. The molecule has 0 fully saturated rings. The van der Waals surface area contributed by atoms with Gasteiger partial charge in [0.05, 0.1) is 10.5 Å². The highest BCUT2D eigenvalue weighted by Gasteiger charge is 2.33. The Morgan fingerprint density at radius 3 is 2.67 bits per heavy atom. The SMILES string of the molecule is Nc1cc2cc(-c3cc(C(F)(F)F)ncc3Cl)ccn2n1. The molecule has 21 heavy (non-hydrogen) atoms. The third-order valence-corrected chi connectivity index (χ3v) is 3.24. The molecule has 3 rings (SSSR count). The second kappa shape index (κ2) is 4.63. The molecule has 0 saturated carbocycles. The Hall–Kier alpha value is -2.28. The summed E-state index contributed by atoms with van der Waals surface area (Å²) in [5.74, 6) is 0.323. The first-order chi connectivity index (χ1) is 9.84. The van der Waals surface area contributed by atoms with Crippen LogP contribution in [0.5, 0.6) is 0 Å². The second-order valence-corrected chi connectivity index (χ2v) is 4.81. The fourth-order valence-electron chi connectivity index (χ4n) is 2.00. The molecule has 108 valence electrons. The van der Waals surface area contributed by atoms with Gasteiger partial charge < -0.3 is 5.73 Å². The molecule has 0 aliphatic heterocycles. The summed E-state index contributed by atoms with van der Waals surface area (Å²) in [7, 11) is 0. The Labute approximate surface area is 122 Å². The van der Waals surface area contributed by atoms with Crippen molar-refractivity contribution in [1.82, 2.24) is 14.6 Å². The Kier molecular flexibility index (Phi) is 3.02. The number of hydrogen-bond donors (Lipinski definition) is 1. The van der Waals surface area contributed by atoms with Gasteiger partial charge in [0.1, 0.15) is 11.5 Å². The van der Waals surface area contributed by atoms with Gasteiger partial charge >= 0.3 is 6.18 Å². The summed E-state index contributed by atoms with van der Waals surface area (Å²) in [6.07, 6.45) is -1.93. The fourth-order valence-corrected chi connectivity index (χ4v) is 2.21. The summed E-state index contributed by atoms with van der Waals surface area (Å²) in [4.78, 5) is 3.31. The van der Waals surface area contributed by atoms with Gasteiger partial charge in [0.25, 0.3) is 0 Å². The first kappa shape index (κ1) is 13.7. The summed E-state index contributed by atoms with van der Waals surface area (Å²) in [6.45, 7) is 0. The first-order valence-electron chi connectivity index (χ1n) is 5.82. The number of pyridine rings is 2. The highest BCUT2D eigenvalue weighted by molar-refractivity contribution is 6.33. The zero-order chi connectivity index (χ0) is 15.2. The normalized spacial score (nSPS) is 12.0. The molecule has 0 unspecified atom stereocenters. The highest BCUT2D eigenvalue weighted by Crippen LogP contribution is 2.34. The molecule has 4 nitrogen and oxygen atoms in total. The molecule has 0 aromatic carbocycles. The summed E-state index contributed by atoms with van der Waals surface area (Å²) in [5, 5.41) is 4.14. The average molecular weight is 313 g/mol. The van der Waals surface area contributed by atoms with Gasteiger partial charge in [-0.3, -0.25) is 4.98 Å². The third-order valence-electron chi connectivity index (χ3n) is 2.94. The van der Waals surface area contributed by atoms with E-state index in [0.717, 1.165) is 12.3 Å². The van der Waals surface area contributed by atoms with Gasteiger partial charge in [0, 0.05) is 24.0 Å². The highest BCUT2D eigenvalue weighted by atomic mass is 35.5. The number of alkyl halides is 3. The molecule has 0 atom stereocenters. The van der Waals surface area contributed by atoms with Crippen LogP contribution in [0.25, 0.3) is 16.6 Å². The van der Waals surface area contributed by atoms with E-state index in [1.165, 1.54) is 4.52 Å². The van der Waals surface area contributed by atoms with E-state index in [4.69, 9.17) is 17.3 Å². The lowest BCUT2D eigenvalue weighted by molar-refractivity contribution is -0.141. The Morgan fingerprint density at radius 1 is 1.19 bits per heavy atom. The first-order valence-corrected chi connectivity index (χ1v) is 6.20. The molecule has 3 aromatic heterocycles. The van der Waals surface area contributed by atoms with E-state index in [-0.39, 0.29) is 10.6 Å². The predicted octanol–water partition coefficient (Wildman–Crippen LogP) is 3.65. The summed E-state index contributed by atoms with van der Waals surface area (Å²) < 4.78 is 39.7. The van der Waals surface area contributed by atoms with Crippen molar-refractivity contribution >= 4 is 22.9 Å². The predicted molar refractivity (Wildman–Crippen MR) is 72.8 cm³/mol. The lowest BCUT2D eigenvalue weighted by atomic mass is 10.1. The molecule has 8 heteroatoms. The number of halogens is 4. The Morgan fingerprint density at radius 2 is 1.95 bits per heavy atom. The van der Waals surface area contributed by atoms with Crippen LogP contribution in [0, 0.1) is 0 Å². The smallest absolute Gasteiger partial charge is 0.382 e. The largest absolute Gasteiger partial charge is 0.433 e. The summed E-state index contributed by atoms with van der Waals surface area (Å²) in [5.41, 5.74) is 6.02. The number of fused-ring (bicyclic) bond motifs is 1. The van der Waals surface area contributed by atoms with Gasteiger partial charge in [-0.1, -0.05) is 11.6 Å². The third kappa shape index (κ3) is 2.52. The summed E-state index contributed by atoms with van der Waals surface area (Å²) in [6, 6.07) is 5.81. The van der Waals surface area contributed by atoms with E-state index in [9.17, 15) is 13.2 Å². The van der Waals surface area contributed by atoms with E-state index < -0.39 is 11.9 Å². The molecule has 3 aromatic rings. The minimum atomic E-state index is -4.52. The van der Waals surface area contributed by atoms with Crippen molar-refractivity contribution in [2.24, 2.45) is 0 Å². The molecular weight excluding hydrogens is 305 g/mol. The number of aromatic nitrogens is 3.